The van der Waals surface area contributed by atoms with Crippen molar-refractivity contribution in [1.82, 2.24) is 9.38 Å². The van der Waals surface area contributed by atoms with Crippen LogP contribution in [0.3, 0.4) is 0 Å². The van der Waals surface area contributed by atoms with E-state index in [9.17, 15) is 4.79 Å². The molecule has 0 unspecified atom stereocenters. The van der Waals surface area contributed by atoms with E-state index >= 15 is 0 Å². The number of hydrogen-bond acceptors (Lipinski definition) is 2. The lowest BCUT2D eigenvalue weighted by Crippen LogP contribution is -2.14. The molecule has 0 aliphatic carbocycles. The second-order valence-electron chi connectivity index (χ2n) is 3.51. The second kappa shape index (κ2) is 3.32. The van der Waals surface area contributed by atoms with Crippen LogP contribution < -0.4 is 5.56 Å². The van der Waals surface area contributed by atoms with Crippen LogP contribution in [0.1, 0.15) is 0 Å². The number of aromatic nitrogens is 2. The van der Waals surface area contributed by atoms with Crippen LogP contribution >= 0.6 is 11.6 Å². The second-order valence-corrected chi connectivity index (χ2v) is 3.94. The Bertz CT molecular complexity index is 749. The molecule has 0 saturated heterocycles. The summed E-state index contributed by atoms with van der Waals surface area (Å²) in [6, 6.07) is 10.6. The minimum atomic E-state index is -0.0720. The average Bonchev–Trinajstić information content (AvgIpc) is 2.29. The van der Waals surface area contributed by atoms with E-state index in [0.717, 1.165) is 0 Å². The van der Waals surface area contributed by atoms with Gasteiger partial charge in [0.05, 0.1) is 10.9 Å². The summed E-state index contributed by atoms with van der Waals surface area (Å²) in [5.41, 5.74) is 1.18. The third-order valence-electron chi connectivity index (χ3n) is 2.48. The van der Waals surface area contributed by atoms with Crippen LogP contribution in [0.5, 0.6) is 0 Å². The average molecular weight is 231 g/mol. The lowest BCUT2D eigenvalue weighted by Gasteiger charge is -2.02. The smallest absolute Gasteiger partial charge is 0.265 e. The van der Waals surface area contributed by atoms with E-state index in [0.29, 0.717) is 21.6 Å². The zero-order chi connectivity index (χ0) is 11.1. The quantitative estimate of drug-likeness (QED) is 0.556. The van der Waals surface area contributed by atoms with Gasteiger partial charge in [-0.2, -0.15) is 0 Å². The normalized spacial score (nSPS) is 11.1. The Labute approximate surface area is 95.9 Å². The monoisotopic (exact) mass is 230 g/mol. The Morgan fingerprint density at radius 3 is 2.88 bits per heavy atom. The molecule has 2 aromatic heterocycles. The number of rotatable bonds is 0. The molecule has 0 radical (unpaired) electrons. The summed E-state index contributed by atoms with van der Waals surface area (Å²) < 4.78 is 1.49. The maximum atomic E-state index is 12.1. The highest BCUT2D eigenvalue weighted by Gasteiger charge is 2.04. The Hall–Kier alpha value is -1.87. The first-order valence-electron chi connectivity index (χ1n) is 4.82. The molecule has 0 bridgehead atoms. The Morgan fingerprint density at radius 1 is 1.19 bits per heavy atom. The van der Waals surface area contributed by atoms with Crippen LogP contribution in [0.25, 0.3) is 16.6 Å². The van der Waals surface area contributed by atoms with Gasteiger partial charge in [0, 0.05) is 17.3 Å². The summed E-state index contributed by atoms with van der Waals surface area (Å²) >= 11 is 5.87. The van der Waals surface area contributed by atoms with Gasteiger partial charge < -0.3 is 0 Å². The molecule has 0 atom stereocenters. The molecule has 0 aliphatic heterocycles. The Kier molecular flexibility index (Phi) is 1.94. The molecule has 0 saturated carbocycles. The van der Waals surface area contributed by atoms with Crippen LogP contribution in [0.2, 0.25) is 5.02 Å². The van der Waals surface area contributed by atoms with Crippen LogP contribution in [-0.2, 0) is 0 Å². The fourth-order valence-electron chi connectivity index (χ4n) is 1.73. The molecule has 3 nitrogen and oxygen atoms in total. The van der Waals surface area contributed by atoms with Crippen molar-refractivity contribution in [3.8, 4) is 0 Å². The Morgan fingerprint density at radius 2 is 2.00 bits per heavy atom. The standard InChI is InChI=1S/C12H7ClN2O/c13-8-5-6-15-11(7-8)14-10-4-2-1-3-9(10)12(15)16/h1-7H. The molecule has 16 heavy (non-hydrogen) atoms. The number of halogens is 1. The lowest BCUT2D eigenvalue weighted by atomic mass is 10.2. The van der Waals surface area contributed by atoms with Crippen LogP contribution in [0, 0.1) is 0 Å². The third kappa shape index (κ3) is 1.29. The van der Waals surface area contributed by atoms with Gasteiger partial charge in [-0.1, -0.05) is 23.7 Å². The molecule has 2 heterocycles. The lowest BCUT2D eigenvalue weighted by molar-refractivity contribution is 1.08. The highest BCUT2D eigenvalue weighted by atomic mass is 35.5. The van der Waals surface area contributed by atoms with Gasteiger partial charge >= 0.3 is 0 Å². The zero-order valence-corrected chi connectivity index (χ0v) is 8.98. The number of pyridine rings is 1. The zero-order valence-electron chi connectivity index (χ0n) is 8.22. The van der Waals surface area contributed by atoms with Crippen molar-refractivity contribution in [3.63, 3.8) is 0 Å². The van der Waals surface area contributed by atoms with E-state index in [4.69, 9.17) is 11.6 Å². The summed E-state index contributed by atoms with van der Waals surface area (Å²) in [4.78, 5) is 16.5. The van der Waals surface area contributed by atoms with Crippen LogP contribution in [0.4, 0.5) is 0 Å². The van der Waals surface area contributed by atoms with Gasteiger partial charge in [0.15, 0.2) is 0 Å². The van der Waals surface area contributed by atoms with Gasteiger partial charge in [0.25, 0.3) is 5.56 Å². The molecule has 0 N–H and O–H groups in total. The first-order valence-corrected chi connectivity index (χ1v) is 5.20. The van der Waals surface area contributed by atoms with Crippen molar-refractivity contribution in [2.24, 2.45) is 0 Å². The number of para-hydroxylation sites is 1. The maximum Gasteiger partial charge on any atom is 0.265 e. The Balaban J connectivity index is 2.61. The predicted octanol–water partition coefficient (Wildman–Crippen LogP) is 2.50. The van der Waals surface area contributed by atoms with Gasteiger partial charge in [0.1, 0.15) is 5.65 Å². The molecule has 1 aromatic carbocycles. The minimum absolute atomic E-state index is 0.0720. The van der Waals surface area contributed by atoms with Gasteiger partial charge in [-0.05, 0) is 18.2 Å². The van der Waals surface area contributed by atoms with E-state index in [2.05, 4.69) is 4.98 Å². The van der Waals surface area contributed by atoms with E-state index in [1.165, 1.54) is 4.40 Å². The van der Waals surface area contributed by atoms with E-state index < -0.39 is 0 Å². The largest absolute Gasteiger partial charge is 0.268 e. The molecule has 4 heteroatoms. The first kappa shape index (κ1) is 9.36. The molecule has 0 amide bonds. The van der Waals surface area contributed by atoms with Crippen LogP contribution in [-0.4, -0.2) is 9.38 Å². The molecule has 0 aliphatic rings. The molecular weight excluding hydrogens is 224 g/mol. The molecular formula is C12H7ClN2O. The van der Waals surface area contributed by atoms with Crippen LogP contribution in [0.15, 0.2) is 47.4 Å². The summed E-state index contributed by atoms with van der Waals surface area (Å²) in [5, 5.41) is 1.18. The molecule has 3 rings (SSSR count). The fourth-order valence-corrected chi connectivity index (χ4v) is 1.88. The van der Waals surface area contributed by atoms with Crippen molar-refractivity contribution in [2.75, 3.05) is 0 Å². The maximum absolute atomic E-state index is 12.1. The SMILES string of the molecule is O=c1c2ccccc2nc2cc(Cl)ccn12. The van der Waals surface area contributed by atoms with Crippen molar-refractivity contribution in [1.29, 1.82) is 0 Å². The van der Waals surface area contributed by atoms with Crippen molar-refractivity contribution in [2.45, 2.75) is 0 Å². The summed E-state index contributed by atoms with van der Waals surface area (Å²) in [7, 11) is 0. The molecule has 0 spiro atoms. The summed E-state index contributed by atoms with van der Waals surface area (Å²) in [6.45, 7) is 0. The first-order chi connectivity index (χ1) is 7.75. The summed E-state index contributed by atoms with van der Waals surface area (Å²) in [6.07, 6.45) is 1.64. The summed E-state index contributed by atoms with van der Waals surface area (Å²) in [5.74, 6) is 0. The van der Waals surface area contributed by atoms with Crippen molar-refractivity contribution >= 4 is 28.2 Å². The topological polar surface area (TPSA) is 34.4 Å². The number of nitrogens with zero attached hydrogens (tertiary/aromatic N) is 2. The minimum Gasteiger partial charge on any atom is -0.268 e. The van der Waals surface area contributed by atoms with E-state index in [-0.39, 0.29) is 5.56 Å². The van der Waals surface area contributed by atoms with Gasteiger partial charge in [-0.25, -0.2) is 4.98 Å². The number of benzene rings is 1. The fraction of sp³-hybridized carbons (Fsp3) is 0. The van der Waals surface area contributed by atoms with Gasteiger partial charge in [-0.15, -0.1) is 0 Å². The van der Waals surface area contributed by atoms with Crippen molar-refractivity contribution in [3.05, 3.63) is 58.0 Å². The number of fused-ring (bicyclic) bond motifs is 2. The highest BCUT2D eigenvalue weighted by molar-refractivity contribution is 6.30. The molecule has 3 aromatic rings. The van der Waals surface area contributed by atoms with Gasteiger partial charge in [-0.3, -0.25) is 9.20 Å². The molecule has 0 fully saturated rings. The number of hydrogen-bond donors (Lipinski definition) is 0. The van der Waals surface area contributed by atoms with E-state index in [1.807, 2.05) is 18.2 Å². The predicted molar refractivity (Wildman–Crippen MR) is 64.0 cm³/mol. The van der Waals surface area contributed by atoms with Gasteiger partial charge in [0.2, 0.25) is 0 Å². The third-order valence-corrected chi connectivity index (χ3v) is 2.72. The van der Waals surface area contributed by atoms with E-state index in [1.54, 1.807) is 24.4 Å². The van der Waals surface area contributed by atoms with Crippen molar-refractivity contribution < 1.29 is 0 Å². The molecule has 78 valence electrons. The highest BCUT2D eigenvalue weighted by Crippen LogP contribution is 2.12.